The highest BCUT2D eigenvalue weighted by Gasteiger charge is 2.39. The van der Waals surface area contributed by atoms with Gasteiger partial charge in [0.25, 0.3) is 0 Å². The van der Waals surface area contributed by atoms with E-state index in [1.807, 2.05) is 0 Å². The van der Waals surface area contributed by atoms with Crippen molar-refractivity contribution in [2.24, 2.45) is 0 Å². The van der Waals surface area contributed by atoms with E-state index in [-0.39, 0.29) is 30.6 Å². The molecule has 0 N–H and O–H groups in total. The number of rotatable bonds is 2. The highest BCUT2D eigenvalue weighted by atomic mass is 19.4. The average molecular weight is 498 g/mol. The van der Waals surface area contributed by atoms with Gasteiger partial charge in [0.15, 0.2) is 0 Å². The summed E-state index contributed by atoms with van der Waals surface area (Å²) in [7, 11) is 0. The third-order valence-corrected chi connectivity index (χ3v) is 4.06. The number of carbonyl (C=O) groups excluding carboxylic acids is 1. The van der Waals surface area contributed by atoms with Gasteiger partial charge in [-0.2, -0.15) is 52.7 Å². The van der Waals surface area contributed by atoms with Crippen molar-refractivity contribution < 1.29 is 62.2 Å². The summed E-state index contributed by atoms with van der Waals surface area (Å²) in [4.78, 5) is 10.2. The molecule has 182 valence electrons. The van der Waals surface area contributed by atoms with E-state index in [0.29, 0.717) is 24.3 Å². The fourth-order valence-electron chi connectivity index (χ4n) is 2.45. The summed E-state index contributed by atoms with van der Waals surface area (Å²) in [6.07, 6.45) is -20.2. The van der Waals surface area contributed by atoms with E-state index >= 15 is 0 Å². The van der Waals surface area contributed by atoms with Gasteiger partial charge >= 0.3 is 24.7 Å². The van der Waals surface area contributed by atoms with E-state index in [2.05, 4.69) is 0 Å². The van der Waals surface area contributed by atoms with Crippen LogP contribution in [-0.4, -0.2) is 12.9 Å². The lowest BCUT2D eigenvalue weighted by Crippen LogP contribution is -2.11. The lowest BCUT2D eigenvalue weighted by molar-refractivity contribution is -0.144. The number of epoxide rings is 1. The number of halogens is 12. The molecule has 2 aromatic rings. The molecule has 0 saturated carbocycles. The molecule has 0 radical (unpaired) electrons. The molecule has 2 nitrogen and oxygen atoms in total. The largest absolute Gasteiger partial charge is 0.416 e. The zero-order valence-electron chi connectivity index (χ0n) is 15.7. The second kappa shape index (κ2) is 8.88. The highest BCUT2D eigenvalue weighted by Crippen LogP contribution is 2.40. The molecule has 2 aromatic carbocycles. The first-order valence-corrected chi connectivity index (χ1v) is 8.48. The number of aldehydes is 1. The highest BCUT2D eigenvalue weighted by molar-refractivity contribution is 5.75. The molecular weight excluding hydrogens is 488 g/mol. The van der Waals surface area contributed by atoms with Gasteiger partial charge in [0, 0.05) is 5.56 Å². The smallest absolute Gasteiger partial charge is 0.368 e. The molecule has 3 rings (SSSR count). The van der Waals surface area contributed by atoms with Crippen molar-refractivity contribution in [3.05, 3.63) is 69.8 Å². The second-order valence-corrected chi connectivity index (χ2v) is 6.62. The van der Waals surface area contributed by atoms with E-state index < -0.39 is 58.6 Å². The van der Waals surface area contributed by atoms with E-state index in [1.165, 1.54) is 0 Å². The van der Waals surface area contributed by atoms with Gasteiger partial charge in [-0.15, -0.1) is 0 Å². The Morgan fingerprint density at radius 2 is 0.909 bits per heavy atom. The first kappa shape index (κ1) is 26.5. The monoisotopic (exact) mass is 498 g/mol. The quantitative estimate of drug-likeness (QED) is 0.247. The molecule has 0 aromatic heterocycles. The number of ether oxygens (including phenoxy) is 1. The van der Waals surface area contributed by atoms with Gasteiger partial charge in [0.05, 0.1) is 28.9 Å². The molecule has 0 bridgehead atoms. The van der Waals surface area contributed by atoms with E-state index in [1.54, 1.807) is 0 Å². The summed E-state index contributed by atoms with van der Waals surface area (Å²) in [6.45, 7) is 0.151. The Labute approximate surface area is 176 Å². The number of alkyl halides is 12. The predicted octanol–water partition coefficient (Wildman–Crippen LogP) is 7.33. The summed E-state index contributed by atoms with van der Waals surface area (Å²) in [5, 5.41) is 0. The lowest BCUT2D eigenvalue weighted by atomic mass is 10.0. The molecule has 1 saturated heterocycles. The van der Waals surface area contributed by atoms with Crippen molar-refractivity contribution in [3.63, 3.8) is 0 Å². The third kappa shape index (κ3) is 7.37. The molecule has 0 amide bonds. The van der Waals surface area contributed by atoms with Gasteiger partial charge < -0.3 is 4.74 Å². The number of hydrogen-bond acceptors (Lipinski definition) is 2. The molecule has 1 unspecified atom stereocenters. The standard InChI is InChI=1S/C10H6F6O.C9H4F6O/c11-9(12,13)6-1-5(8-4-17-8)2-7(3-6)10(14,15)16;10-8(11,12)6-1-5(4-16)2-7(3-6)9(13,14)15/h1-3,8H,4H2;1-4H. The van der Waals surface area contributed by atoms with Crippen LogP contribution in [0.1, 0.15) is 44.3 Å². The Morgan fingerprint density at radius 1 is 0.606 bits per heavy atom. The Hall–Kier alpha value is -2.77. The topological polar surface area (TPSA) is 29.6 Å². The SMILES string of the molecule is FC(F)(F)c1cc(C2CO2)cc(C(F)(F)F)c1.O=Cc1cc(C(F)(F)F)cc(C(F)(F)F)c1. The summed E-state index contributed by atoms with van der Waals surface area (Å²) >= 11 is 0. The second-order valence-electron chi connectivity index (χ2n) is 6.62. The normalized spacial score (nSPS) is 16.7. The van der Waals surface area contributed by atoms with Gasteiger partial charge in [0.2, 0.25) is 0 Å². The molecule has 1 aliphatic heterocycles. The molecule has 14 heteroatoms. The van der Waals surface area contributed by atoms with Crippen molar-refractivity contribution in [2.75, 3.05) is 6.61 Å². The van der Waals surface area contributed by atoms with Crippen LogP contribution < -0.4 is 0 Å². The third-order valence-electron chi connectivity index (χ3n) is 4.06. The van der Waals surface area contributed by atoms with Gasteiger partial charge in [0.1, 0.15) is 12.4 Å². The molecule has 1 aliphatic rings. The van der Waals surface area contributed by atoms with Crippen LogP contribution in [0.15, 0.2) is 36.4 Å². The van der Waals surface area contributed by atoms with Crippen LogP contribution in [0.5, 0.6) is 0 Å². The van der Waals surface area contributed by atoms with E-state index in [4.69, 9.17) is 4.74 Å². The van der Waals surface area contributed by atoms with Crippen molar-refractivity contribution in [1.29, 1.82) is 0 Å². The minimum Gasteiger partial charge on any atom is -0.368 e. The summed E-state index contributed by atoms with van der Waals surface area (Å²) < 4.78 is 152. The first-order chi connectivity index (χ1) is 14.8. The van der Waals surface area contributed by atoms with Crippen LogP contribution >= 0.6 is 0 Å². The number of carbonyl (C=O) groups is 1. The molecule has 0 aliphatic carbocycles. The van der Waals surface area contributed by atoms with Crippen LogP contribution in [-0.2, 0) is 29.4 Å². The molecule has 1 atom stereocenters. The Balaban J connectivity index is 0.000000234. The molecule has 1 fully saturated rings. The predicted molar refractivity (Wildman–Crippen MR) is 87.0 cm³/mol. The molecule has 33 heavy (non-hydrogen) atoms. The molecule has 1 heterocycles. The molecular formula is C19H10F12O2. The van der Waals surface area contributed by atoms with Crippen molar-refractivity contribution in [3.8, 4) is 0 Å². The fraction of sp³-hybridized carbons (Fsp3) is 0.316. The lowest BCUT2D eigenvalue weighted by Gasteiger charge is -2.13. The minimum absolute atomic E-state index is 0.0347. The molecule has 0 spiro atoms. The van der Waals surface area contributed by atoms with E-state index in [0.717, 1.165) is 0 Å². The maximum absolute atomic E-state index is 12.4. The maximum Gasteiger partial charge on any atom is 0.416 e. The minimum atomic E-state index is -4.92. The maximum atomic E-state index is 12.4. The van der Waals surface area contributed by atoms with Crippen LogP contribution in [0, 0.1) is 0 Å². The van der Waals surface area contributed by atoms with E-state index in [9.17, 15) is 57.5 Å². The van der Waals surface area contributed by atoms with Crippen molar-refractivity contribution in [2.45, 2.75) is 30.8 Å². The van der Waals surface area contributed by atoms with Crippen molar-refractivity contribution in [1.82, 2.24) is 0 Å². The van der Waals surface area contributed by atoms with Gasteiger partial charge in [-0.05, 0) is 42.0 Å². The summed E-state index contributed by atoms with van der Waals surface area (Å²) in [5.41, 5.74) is -6.36. The zero-order valence-corrected chi connectivity index (χ0v) is 15.7. The first-order valence-electron chi connectivity index (χ1n) is 8.48. The summed E-state index contributed by atoms with van der Waals surface area (Å²) in [6, 6.07) is 2.17. The Morgan fingerprint density at radius 3 is 1.15 bits per heavy atom. The fourth-order valence-corrected chi connectivity index (χ4v) is 2.45. The van der Waals surface area contributed by atoms with Crippen LogP contribution in [0.3, 0.4) is 0 Å². The average Bonchev–Trinajstić information content (AvgIpc) is 3.50. The number of benzene rings is 2. The zero-order chi connectivity index (χ0) is 25.4. The Bertz CT molecular complexity index is 931. The van der Waals surface area contributed by atoms with Gasteiger partial charge in [-0.3, -0.25) is 4.79 Å². The Kier molecular flexibility index (Phi) is 7.12. The van der Waals surface area contributed by atoms with Gasteiger partial charge in [-0.25, -0.2) is 0 Å². The summed E-state index contributed by atoms with van der Waals surface area (Å²) in [5.74, 6) is 0. The van der Waals surface area contributed by atoms with Crippen LogP contribution in [0.2, 0.25) is 0 Å². The van der Waals surface area contributed by atoms with Crippen LogP contribution in [0.25, 0.3) is 0 Å². The van der Waals surface area contributed by atoms with Crippen molar-refractivity contribution >= 4 is 6.29 Å². The van der Waals surface area contributed by atoms with Gasteiger partial charge in [-0.1, -0.05) is 0 Å². The number of hydrogen-bond donors (Lipinski definition) is 0. The van der Waals surface area contributed by atoms with Crippen LogP contribution in [0.4, 0.5) is 52.7 Å².